The Kier molecular flexibility index (Phi) is 4.96. The minimum atomic E-state index is 0.527. The largest absolute Gasteiger partial charge is 0.440 e. The van der Waals surface area contributed by atoms with Crippen LogP contribution in [0, 0.1) is 13.8 Å². The van der Waals surface area contributed by atoms with Crippen LogP contribution in [0.1, 0.15) is 17.0 Å². The number of tetrazole rings is 1. The third-order valence-corrected chi connectivity index (χ3v) is 5.26. The van der Waals surface area contributed by atoms with E-state index in [2.05, 4.69) is 20.5 Å². The molecule has 8 heteroatoms. The lowest BCUT2D eigenvalue weighted by Gasteiger charge is -2.10. The van der Waals surface area contributed by atoms with Crippen LogP contribution in [0.4, 0.5) is 0 Å². The van der Waals surface area contributed by atoms with Crippen LogP contribution in [0.5, 0.6) is 0 Å². The van der Waals surface area contributed by atoms with Crippen molar-refractivity contribution in [1.82, 2.24) is 25.2 Å². The fraction of sp³-hybridized carbons (Fsp3) is 0.158. The van der Waals surface area contributed by atoms with E-state index in [4.69, 9.17) is 16.0 Å². The van der Waals surface area contributed by atoms with Gasteiger partial charge in [0.15, 0.2) is 5.76 Å². The van der Waals surface area contributed by atoms with Crippen molar-refractivity contribution in [3.63, 3.8) is 0 Å². The molecule has 0 saturated heterocycles. The van der Waals surface area contributed by atoms with E-state index in [1.165, 1.54) is 11.8 Å². The highest BCUT2D eigenvalue weighted by atomic mass is 35.5. The zero-order valence-electron chi connectivity index (χ0n) is 14.8. The molecule has 136 valence electrons. The molecular weight excluding hydrogens is 382 g/mol. The minimum Gasteiger partial charge on any atom is -0.440 e. The number of aromatic nitrogens is 5. The Morgan fingerprint density at radius 2 is 1.81 bits per heavy atom. The molecule has 0 aliphatic heterocycles. The van der Waals surface area contributed by atoms with Gasteiger partial charge in [-0.05, 0) is 59.7 Å². The number of halogens is 1. The fourth-order valence-electron chi connectivity index (χ4n) is 2.80. The van der Waals surface area contributed by atoms with E-state index < -0.39 is 0 Å². The molecule has 0 saturated carbocycles. The van der Waals surface area contributed by atoms with Crippen molar-refractivity contribution in [2.24, 2.45) is 0 Å². The molecule has 0 fully saturated rings. The Hall–Kier alpha value is -2.64. The number of hydrogen-bond donors (Lipinski definition) is 0. The molecule has 0 aliphatic rings. The third kappa shape index (κ3) is 3.74. The molecule has 6 nitrogen and oxygen atoms in total. The van der Waals surface area contributed by atoms with E-state index in [1.807, 2.05) is 56.3 Å². The van der Waals surface area contributed by atoms with Gasteiger partial charge in [-0.1, -0.05) is 41.6 Å². The molecule has 0 amide bonds. The van der Waals surface area contributed by atoms with Gasteiger partial charge in [-0.3, -0.25) is 0 Å². The van der Waals surface area contributed by atoms with E-state index in [-0.39, 0.29) is 0 Å². The molecule has 2 aromatic carbocycles. The van der Waals surface area contributed by atoms with Gasteiger partial charge >= 0.3 is 0 Å². The van der Waals surface area contributed by atoms with Gasteiger partial charge in [0.05, 0.1) is 17.6 Å². The van der Waals surface area contributed by atoms with Crippen LogP contribution < -0.4 is 0 Å². The first-order valence-electron chi connectivity index (χ1n) is 8.30. The molecule has 0 atom stereocenters. The molecule has 4 rings (SSSR count). The number of benzene rings is 2. The van der Waals surface area contributed by atoms with Crippen molar-refractivity contribution >= 4 is 23.4 Å². The van der Waals surface area contributed by atoms with Crippen molar-refractivity contribution in [3.8, 4) is 17.0 Å². The standard InChI is InChI=1S/C19H16ClN5OS/c1-12-4-3-5-13(2)18(12)25-19(22-23-24-25)27-11-17-21-10-16(26-17)14-6-8-15(20)9-7-14/h3-10H,11H2,1-2H3. The maximum absolute atomic E-state index is 5.93. The van der Waals surface area contributed by atoms with Gasteiger partial charge in [-0.15, -0.1) is 5.10 Å². The molecule has 0 unspecified atom stereocenters. The predicted molar refractivity (Wildman–Crippen MR) is 105 cm³/mol. The first-order valence-corrected chi connectivity index (χ1v) is 9.66. The lowest BCUT2D eigenvalue weighted by molar-refractivity contribution is 0.529. The number of para-hydroxylation sites is 1. The third-order valence-electron chi connectivity index (χ3n) is 4.10. The topological polar surface area (TPSA) is 69.6 Å². The van der Waals surface area contributed by atoms with Gasteiger partial charge in [0, 0.05) is 10.6 Å². The Morgan fingerprint density at radius 3 is 2.56 bits per heavy atom. The first-order chi connectivity index (χ1) is 13.1. The molecule has 4 aromatic rings. The second-order valence-corrected chi connectivity index (χ2v) is 7.41. The van der Waals surface area contributed by atoms with Gasteiger partial charge in [0.2, 0.25) is 11.0 Å². The Morgan fingerprint density at radius 1 is 1.07 bits per heavy atom. The Bertz CT molecular complexity index is 1050. The van der Waals surface area contributed by atoms with Gasteiger partial charge < -0.3 is 4.42 Å². The van der Waals surface area contributed by atoms with Gasteiger partial charge in [-0.25, -0.2) is 4.98 Å². The summed E-state index contributed by atoms with van der Waals surface area (Å²) in [6, 6.07) is 13.6. The fourth-order valence-corrected chi connectivity index (χ4v) is 3.66. The summed E-state index contributed by atoms with van der Waals surface area (Å²) < 4.78 is 7.61. The van der Waals surface area contributed by atoms with E-state index in [0.29, 0.717) is 27.6 Å². The predicted octanol–water partition coefficient (Wildman–Crippen LogP) is 4.88. The van der Waals surface area contributed by atoms with Crippen molar-refractivity contribution in [3.05, 3.63) is 70.7 Å². The Labute approximate surface area is 165 Å². The van der Waals surface area contributed by atoms with Gasteiger partial charge in [0.1, 0.15) is 0 Å². The maximum atomic E-state index is 5.93. The molecule has 2 aromatic heterocycles. The molecule has 0 radical (unpaired) electrons. The molecule has 0 bridgehead atoms. The highest BCUT2D eigenvalue weighted by Crippen LogP contribution is 2.28. The number of aryl methyl sites for hydroxylation is 2. The van der Waals surface area contributed by atoms with Gasteiger partial charge in [0.25, 0.3) is 0 Å². The average Bonchev–Trinajstić information content (AvgIpc) is 3.30. The highest BCUT2D eigenvalue weighted by molar-refractivity contribution is 7.98. The summed E-state index contributed by atoms with van der Waals surface area (Å²) >= 11 is 7.41. The van der Waals surface area contributed by atoms with Crippen LogP contribution in [0.25, 0.3) is 17.0 Å². The van der Waals surface area contributed by atoms with Crippen LogP contribution in [0.15, 0.2) is 58.2 Å². The quantitative estimate of drug-likeness (QED) is 0.447. The van der Waals surface area contributed by atoms with E-state index in [9.17, 15) is 0 Å². The zero-order chi connectivity index (χ0) is 18.8. The molecule has 27 heavy (non-hydrogen) atoms. The number of hydrogen-bond acceptors (Lipinski definition) is 6. The summed E-state index contributed by atoms with van der Waals surface area (Å²) in [4.78, 5) is 4.35. The van der Waals surface area contributed by atoms with Crippen LogP contribution in [0.2, 0.25) is 5.02 Å². The SMILES string of the molecule is Cc1cccc(C)c1-n1nnnc1SCc1ncc(-c2ccc(Cl)cc2)o1. The lowest BCUT2D eigenvalue weighted by Crippen LogP contribution is -2.04. The first kappa shape index (κ1) is 17.8. The van der Waals surface area contributed by atoms with Crippen LogP contribution >= 0.6 is 23.4 Å². The smallest absolute Gasteiger partial charge is 0.214 e. The summed E-state index contributed by atoms with van der Waals surface area (Å²) in [5.74, 6) is 1.84. The van der Waals surface area contributed by atoms with Crippen molar-refractivity contribution < 1.29 is 4.42 Å². The summed E-state index contributed by atoms with van der Waals surface area (Å²) in [7, 11) is 0. The monoisotopic (exact) mass is 397 g/mol. The van der Waals surface area contributed by atoms with E-state index in [0.717, 1.165) is 22.4 Å². The summed E-state index contributed by atoms with van der Waals surface area (Å²) in [5.41, 5.74) is 4.17. The number of thioether (sulfide) groups is 1. The van der Waals surface area contributed by atoms with Crippen molar-refractivity contribution in [1.29, 1.82) is 0 Å². The van der Waals surface area contributed by atoms with Crippen molar-refractivity contribution in [2.45, 2.75) is 24.8 Å². The lowest BCUT2D eigenvalue weighted by atomic mass is 10.1. The zero-order valence-corrected chi connectivity index (χ0v) is 16.3. The second-order valence-electron chi connectivity index (χ2n) is 6.03. The summed E-state index contributed by atoms with van der Waals surface area (Å²) in [6.45, 7) is 4.09. The minimum absolute atomic E-state index is 0.527. The number of oxazole rings is 1. The highest BCUT2D eigenvalue weighted by Gasteiger charge is 2.15. The van der Waals surface area contributed by atoms with E-state index >= 15 is 0 Å². The summed E-state index contributed by atoms with van der Waals surface area (Å²) in [6.07, 6.45) is 1.72. The van der Waals surface area contributed by atoms with Crippen LogP contribution in [-0.2, 0) is 5.75 Å². The number of rotatable bonds is 5. The maximum Gasteiger partial charge on any atom is 0.214 e. The molecule has 0 spiro atoms. The van der Waals surface area contributed by atoms with Crippen LogP contribution in [0.3, 0.4) is 0 Å². The number of nitrogens with zero attached hydrogens (tertiary/aromatic N) is 5. The Balaban J connectivity index is 1.52. The second kappa shape index (κ2) is 7.54. The van der Waals surface area contributed by atoms with Gasteiger partial charge in [-0.2, -0.15) is 4.68 Å². The molecule has 2 heterocycles. The normalized spacial score (nSPS) is 11.1. The molecule has 0 N–H and O–H groups in total. The van der Waals surface area contributed by atoms with E-state index in [1.54, 1.807) is 10.9 Å². The molecular formula is C19H16ClN5OS. The van der Waals surface area contributed by atoms with Crippen molar-refractivity contribution in [2.75, 3.05) is 0 Å². The summed E-state index contributed by atoms with van der Waals surface area (Å²) in [5, 5.41) is 13.5. The molecule has 0 aliphatic carbocycles. The average molecular weight is 398 g/mol. The van der Waals surface area contributed by atoms with Crippen LogP contribution in [-0.4, -0.2) is 25.2 Å².